The zero-order valence-electron chi connectivity index (χ0n) is 11.5. The van der Waals surface area contributed by atoms with Crippen molar-refractivity contribution in [1.29, 1.82) is 0 Å². The van der Waals surface area contributed by atoms with Crippen molar-refractivity contribution >= 4 is 33.0 Å². The topological polar surface area (TPSA) is 66.4 Å². The van der Waals surface area contributed by atoms with Gasteiger partial charge < -0.3 is 5.11 Å². The third kappa shape index (κ3) is 4.05. The van der Waals surface area contributed by atoms with E-state index in [-0.39, 0.29) is 18.0 Å². The number of halogens is 1. The number of rotatable bonds is 6. The van der Waals surface area contributed by atoms with Gasteiger partial charge in [0.15, 0.2) is 0 Å². The molecule has 0 aliphatic heterocycles. The zero-order valence-corrected chi connectivity index (χ0v) is 13.9. The van der Waals surface area contributed by atoms with Crippen molar-refractivity contribution in [3.8, 4) is 0 Å². The second kappa shape index (κ2) is 6.89. The van der Waals surface area contributed by atoms with Crippen molar-refractivity contribution in [2.45, 2.75) is 31.4 Å². The molecule has 0 amide bonds. The third-order valence-electron chi connectivity index (χ3n) is 3.10. The molecule has 0 aliphatic rings. The standard InChI is InChI=1S/C14H16ClNO3S2/c1-2-10-3-5-13(7-11(10)9-17)21(18,19)16-8-12-4-6-14(15)20-12/h3-7,16-17H,2,8-9H2,1H3. The molecular formula is C14H16ClNO3S2. The van der Waals surface area contributed by atoms with E-state index in [1.54, 1.807) is 24.3 Å². The fraction of sp³-hybridized carbons (Fsp3) is 0.286. The van der Waals surface area contributed by atoms with Gasteiger partial charge in [-0.15, -0.1) is 11.3 Å². The van der Waals surface area contributed by atoms with Gasteiger partial charge in [-0.3, -0.25) is 0 Å². The van der Waals surface area contributed by atoms with Crippen molar-refractivity contribution in [2.24, 2.45) is 0 Å². The van der Waals surface area contributed by atoms with Gasteiger partial charge in [0.25, 0.3) is 0 Å². The molecule has 1 aromatic heterocycles. The summed E-state index contributed by atoms with van der Waals surface area (Å²) in [6.07, 6.45) is 0.747. The molecule has 0 unspecified atom stereocenters. The largest absolute Gasteiger partial charge is 0.392 e. The number of hydrogen-bond acceptors (Lipinski definition) is 4. The summed E-state index contributed by atoms with van der Waals surface area (Å²) in [5.74, 6) is 0. The Hall–Kier alpha value is -0.920. The van der Waals surface area contributed by atoms with Crippen LogP contribution in [-0.2, 0) is 29.6 Å². The van der Waals surface area contributed by atoms with E-state index in [1.165, 1.54) is 17.4 Å². The lowest BCUT2D eigenvalue weighted by Gasteiger charge is -2.10. The molecule has 2 rings (SSSR count). The molecule has 0 saturated heterocycles. The van der Waals surface area contributed by atoms with E-state index in [2.05, 4.69) is 4.72 Å². The van der Waals surface area contributed by atoms with Crippen LogP contribution in [0.1, 0.15) is 22.9 Å². The number of thiophene rings is 1. The maximum absolute atomic E-state index is 12.3. The Balaban J connectivity index is 2.19. The van der Waals surface area contributed by atoms with Crippen LogP contribution in [0.4, 0.5) is 0 Å². The van der Waals surface area contributed by atoms with Crippen molar-refractivity contribution < 1.29 is 13.5 Å². The van der Waals surface area contributed by atoms with Crippen LogP contribution in [0.5, 0.6) is 0 Å². The van der Waals surface area contributed by atoms with Gasteiger partial charge in [0.2, 0.25) is 10.0 Å². The Morgan fingerprint density at radius 3 is 2.57 bits per heavy atom. The van der Waals surface area contributed by atoms with E-state index in [0.29, 0.717) is 9.90 Å². The number of sulfonamides is 1. The Labute approximate surface area is 133 Å². The highest BCUT2D eigenvalue weighted by molar-refractivity contribution is 7.89. The fourth-order valence-electron chi connectivity index (χ4n) is 1.96. The first-order chi connectivity index (χ1) is 9.96. The average Bonchev–Trinajstić information content (AvgIpc) is 2.90. The minimum atomic E-state index is -3.60. The van der Waals surface area contributed by atoms with E-state index in [1.807, 2.05) is 6.92 Å². The summed E-state index contributed by atoms with van der Waals surface area (Å²) in [6, 6.07) is 8.33. The molecule has 0 saturated carbocycles. The summed E-state index contributed by atoms with van der Waals surface area (Å²) < 4.78 is 27.7. The smallest absolute Gasteiger partial charge is 0.240 e. The van der Waals surface area contributed by atoms with Gasteiger partial charge in [0.1, 0.15) is 0 Å². The Morgan fingerprint density at radius 2 is 2.00 bits per heavy atom. The van der Waals surface area contributed by atoms with E-state index < -0.39 is 10.0 Å². The predicted octanol–water partition coefficient (Wildman–Crippen LogP) is 2.93. The van der Waals surface area contributed by atoms with Crippen molar-refractivity contribution in [1.82, 2.24) is 4.72 Å². The van der Waals surface area contributed by atoms with Crippen LogP contribution in [0.3, 0.4) is 0 Å². The zero-order chi connectivity index (χ0) is 15.5. The van der Waals surface area contributed by atoms with Crippen LogP contribution in [0.25, 0.3) is 0 Å². The number of aryl methyl sites for hydroxylation is 1. The molecule has 4 nitrogen and oxygen atoms in total. The maximum atomic E-state index is 12.3. The van der Waals surface area contributed by atoms with Crippen molar-refractivity contribution in [2.75, 3.05) is 0 Å². The first-order valence-electron chi connectivity index (χ1n) is 6.43. The second-order valence-corrected chi connectivity index (χ2v) is 8.04. The third-order valence-corrected chi connectivity index (χ3v) is 5.73. The first kappa shape index (κ1) is 16.5. The van der Waals surface area contributed by atoms with Gasteiger partial charge in [-0.2, -0.15) is 0 Å². The highest BCUT2D eigenvalue weighted by atomic mass is 35.5. The number of hydrogen-bond donors (Lipinski definition) is 2. The lowest BCUT2D eigenvalue weighted by Crippen LogP contribution is -2.23. The molecule has 1 heterocycles. The van der Waals surface area contributed by atoms with Crippen LogP contribution in [0, 0.1) is 0 Å². The van der Waals surface area contributed by atoms with Crippen LogP contribution >= 0.6 is 22.9 Å². The minimum Gasteiger partial charge on any atom is -0.392 e. The molecule has 114 valence electrons. The summed E-state index contributed by atoms with van der Waals surface area (Å²) in [6.45, 7) is 1.98. The Morgan fingerprint density at radius 1 is 1.24 bits per heavy atom. The molecule has 1 aromatic carbocycles. The normalized spacial score (nSPS) is 11.8. The molecule has 7 heteroatoms. The lowest BCUT2D eigenvalue weighted by molar-refractivity contribution is 0.280. The fourth-order valence-corrected chi connectivity index (χ4v) is 4.13. The molecule has 0 spiro atoms. The van der Waals surface area contributed by atoms with Crippen LogP contribution in [-0.4, -0.2) is 13.5 Å². The van der Waals surface area contributed by atoms with E-state index in [4.69, 9.17) is 11.6 Å². The van der Waals surface area contributed by atoms with Crippen molar-refractivity contribution in [3.63, 3.8) is 0 Å². The number of nitrogens with one attached hydrogen (secondary N) is 1. The van der Waals surface area contributed by atoms with Crippen LogP contribution < -0.4 is 4.72 Å². The number of benzene rings is 1. The van der Waals surface area contributed by atoms with Gasteiger partial charge in [0.05, 0.1) is 15.8 Å². The molecule has 21 heavy (non-hydrogen) atoms. The molecule has 0 bridgehead atoms. The molecule has 0 fully saturated rings. The van der Waals surface area contributed by atoms with Gasteiger partial charge in [-0.05, 0) is 41.8 Å². The van der Waals surface area contributed by atoms with E-state index >= 15 is 0 Å². The van der Waals surface area contributed by atoms with Gasteiger partial charge >= 0.3 is 0 Å². The van der Waals surface area contributed by atoms with Crippen LogP contribution in [0.15, 0.2) is 35.2 Å². The summed E-state index contributed by atoms with van der Waals surface area (Å²) in [5, 5.41) is 9.32. The molecule has 2 aromatic rings. The second-order valence-electron chi connectivity index (χ2n) is 4.47. The van der Waals surface area contributed by atoms with E-state index in [9.17, 15) is 13.5 Å². The van der Waals surface area contributed by atoms with Gasteiger partial charge in [-0.1, -0.05) is 24.6 Å². The van der Waals surface area contributed by atoms with Gasteiger partial charge in [0, 0.05) is 11.4 Å². The van der Waals surface area contributed by atoms with Gasteiger partial charge in [-0.25, -0.2) is 13.1 Å². The molecule has 0 radical (unpaired) electrons. The maximum Gasteiger partial charge on any atom is 0.240 e. The SMILES string of the molecule is CCc1ccc(S(=O)(=O)NCc2ccc(Cl)s2)cc1CO. The summed E-state index contributed by atoms with van der Waals surface area (Å²) in [7, 11) is -3.60. The van der Waals surface area contributed by atoms with Crippen molar-refractivity contribution in [3.05, 3.63) is 50.7 Å². The monoisotopic (exact) mass is 345 g/mol. The molecule has 0 aliphatic carbocycles. The molecular weight excluding hydrogens is 330 g/mol. The summed E-state index contributed by atoms with van der Waals surface area (Å²) >= 11 is 7.15. The molecule has 0 atom stereocenters. The predicted molar refractivity (Wildman–Crippen MR) is 85.1 cm³/mol. The highest BCUT2D eigenvalue weighted by Crippen LogP contribution is 2.22. The Kier molecular flexibility index (Phi) is 5.40. The summed E-state index contributed by atoms with van der Waals surface area (Å²) in [4.78, 5) is 1.00. The number of aliphatic hydroxyl groups is 1. The highest BCUT2D eigenvalue weighted by Gasteiger charge is 2.16. The minimum absolute atomic E-state index is 0.159. The Bertz CT molecular complexity index is 726. The van der Waals surface area contributed by atoms with Crippen LogP contribution in [0.2, 0.25) is 4.34 Å². The number of aliphatic hydroxyl groups excluding tert-OH is 1. The molecule has 2 N–H and O–H groups in total. The quantitative estimate of drug-likeness (QED) is 0.846. The summed E-state index contributed by atoms with van der Waals surface area (Å²) in [5.41, 5.74) is 1.58. The first-order valence-corrected chi connectivity index (χ1v) is 9.10. The lowest BCUT2D eigenvalue weighted by atomic mass is 10.1. The van der Waals surface area contributed by atoms with E-state index in [0.717, 1.165) is 16.9 Å². The average molecular weight is 346 g/mol.